The Morgan fingerprint density at radius 3 is 1.93 bits per heavy atom. The predicted octanol–water partition coefficient (Wildman–Crippen LogP) is 9.45. The Hall–Kier alpha value is -6.01. The summed E-state index contributed by atoms with van der Waals surface area (Å²) in [5, 5.41) is 0. The van der Waals surface area contributed by atoms with Crippen LogP contribution in [0.5, 0.6) is 0 Å². The Labute approximate surface area is 261 Å². The van der Waals surface area contributed by atoms with E-state index in [1.54, 1.807) is 0 Å². The highest BCUT2D eigenvalue weighted by Gasteiger charge is 2.25. The third-order valence-corrected chi connectivity index (χ3v) is 8.80. The quantitative estimate of drug-likeness (QED) is 0.202. The van der Waals surface area contributed by atoms with E-state index in [0.717, 1.165) is 63.0 Å². The average Bonchev–Trinajstić information content (AvgIpc) is 3.74. The molecule has 0 radical (unpaired) electrons. The summed E-state index contributed by atoms with van der Waals surface area (Å²) in [6, 6.07) is 53.7. The summed E-state index contributed by atoms with van der Waals surface area (Å²) in [4.78, 5) is 12.1. The van der Waals surface area contributed by atoms with E-state index >= 15 is 0 Å². The molecule has 0 amide bonds. The topological polar surface area (TPSA) is 32.0 Å². The second-order valence-corrected chi connectivity index (χ2v) is 11.5. The third-order valence-electron chi connectivity index (χ3n) is 8.80. The summed E-state index contributed by atoms with van der Waals surface area (Å²) in [6.07, 6.45) is 0. The normalized spacial score (nSPS) is 12.8. The monoisotopic (exact) mass is 582 g/mol. The fraction of sp³-hybridized carbons (Fsp3) is 0.0513. The maximum Gasteiger partial charge on any atom is 0.220 e. The number of hydrogen-bond acceptors (Lipinski definition) is 4. The molecule has 8 aromatic rings. The van der Waals surface area contributed by atoms with Crippen LogP contribution in [-0.2, 0) is 0 Å². The van der Waals surface area contributed by atoms with Gasteiger partial charge < -0.3 is 14.7 Å². The third kappa shape index (κ3) is 3.99. The highest BCUT2D eigenvalue weighted by atomic mass is 15.4. The maximum atomic E-state index is 5.10. The molecule has 6 heteroatoms. The van der Waals surface area contributed by atoms with Crippen LogP contribution >= 0.6 is 0 Å². The summed E-state index contributed by atoms with van der Waals surface area (Å²) >= 11 is 0. The van der Waals surface area contributed by atoms with Crippen molar-refractivity contribution in [3.8, 4) is 5.69 Å². The van der Waals surface area contributed by atoms with Gasteiger partial charge in [0.25, 0.3) is 0 Å². The van der Waals surface area contributed by atoms with Crippen molar-refractivity contribution >= 4 is 62.0 Å². The van der Waals surface area contributed by atoms with E-state index in [2.05, 4.69) is 176 Å². The number of imidazole rings is 2. The number of hydrogen-bond donors (Lipinski definition) is 0. The van der Waals surface area contributed by atoms with Crippen LogP contribution in [0.4, 0.5) is 34.1 Å². The zero-order valence-corrected chi connectivity index (χ0v) is 24.8. The molecule has 6 aromatic carbocycles. The van der Waals surface area contributed by atoms with Crippen LogP contribution in [0.1, 0.15) is 0 Å². The molecule has 216 valence electrons. The van der Waals surface area contributed by atoms with Crippen molar-refractivity contribution in [3.63, 3.8) is 0 Å². The van der Waals surface area contributed by atoms with Crippen LogP contribution in [0.3, 0.4) is 0 Å². The number of benzene rings is 6. The second-order valence-electron chi connectivity index (χ2n) is 11.5. The molecule has 2 aromatic heterocycles. The minimum absolute atomic E-state index is 0.805. The Morgan fingerprint density at radius 2 is 1.13 bits per heavy atom. The average molecular weight is 583 g/mol. The lowest BCUT2D eigenvalue weighted by molar-refractivity contribution is 0.949. The molecule has 1 aliphatic heterocycles. The van der Waals surface area contributed by atoms with Crippen molar-refractivity contribution in [1.82, 2.24) is 14.0 Å². The van der Waals surface area contributed by atoms with Gasteiger partial charge in [-0.1, -0.05) is 66.7 Å². The Balaban J connectivity index is 1.21. The molecule has 45 heavy (non-hydrogen) atoms. The molecule has 6 nitrogen and oxygen atoms in total. The van der Waals surface area contributed by atoms with Gasteiger partial charge in [-0.2, -0.15) is 0 Å². The van der Waals surface area contributed by atoms with Gasteiger partial charge in [0.15, 0.2) is 0 Å². The zero-order chi connectivity index (χ0) is 29.9. The molecular formula is C39H30N6. The van der Waals surface area contributed by atoms with Crippen LogP contribution in [0.15, 0.2) is 152 Å². The summed E-state index contributed by atoms with van der Waals surface area (Å²) < 4.78 is 4.54. The van der Waals surface area contributed by atoms with Crippen molar-refractivity contribution < 1.29 is 0 Å². The summed E-state index contributed by atoms with van der Waals surface area (Å²) in [5.74, 6) is 0.902. The highest BCUT2D eigenvalue weighted by Crippen LogP contribution is 2.43. The molecular weight excluding hydrogens is 552 g/mol. The van der Waals surface area contributed by atoms with Crippen LogP contribution < -0.4 is 14.7 Å². The first-order valence-electron chi connectivity index (χ1n) is 15.2. The van der Waals surface area contributed by atoms with Gasteiger partial charge in [-0.25, -0.2) is 4.98 Å². The van der Waals surface area contributed by atoms with Gasteiger partial charge in [-0.3, -0.25) is 8.97 Å². The van der Waals surface area contributed by atoms with Crippen LogP contribution in [0, 0.1) is 0 Å². The van der Waals surface area contributed by atoms with Crippen molar-refractivity contribution in [2.24, 2.45) is 0 Å². The Morgan fingerprint density at radius 1 is 0.533 bits per heavy atom. The van der Waals surface area contributed by atoms with E-state index in [0.29, 0.717) is 0 Å². The van der Waals surface area contributed by atoms with Crippen LogP contribution in [-0.4, -0.2) is 27.7 Å². The first-order valence-corrected chi connectivity index (χ1v) is 15.2. The van der Waals surface area contributed by atoms with Crippen molar-refractivity contribution in [2.75, 3.05) is 28.4 Å². The molecule has 3 heterocycles. The Bertz CT molecular complexity index is 2350. The van der Waals surface area contributed by atoms with Crippen molar-refractivity contribution in [3.05, 3.63) is 152 Å². The van der Waals surface area contributed by atoms with Gasteiger partial charge in [-0.05, 0) is 84.9 Å². The lowest BCUT2D eigenvalue weighted by Crippen LogP contribution is -2.24. The van der Waals surface area contributed by atoms with E-state index in [9.17, 15) is 0 Å². The van der Waals surface area contributed by atoms with Gasteiger partial charge in [0.1, 0.15) is 0 Å². The number of rotatable bonds is 5. The fourth-order valence-corrected chi connectivity index (χ4v) is 6.80. The minimum Gasteiger partial charge on any atom is -0.355 e. The predicted molar refractivity (Wildman–Crippen MR) is 186 cm³/mol. The highest BCUT2D eigenvalue weighted by molar-refractivity contribution is 5.92. The number of para-hydroxylation sites is 7. The van der Waals surface area contributed by atoms with E-state index in [4.69, 9.17) is 4.98 Å². The van der Waals surface area contributed by atoms with Gasteiger partial charge in [0.05, 0.1) is 45.8 Å². The second kappa shape index (κ2) is 10.0. The number of aromatic nitrogens is 3. The van der Waals surface area contributed by atoms with Crippen molar-refractivity contribution in [2.45, 2.75) is 0 Å². The van der Waals surface area contributed by atoms with Gasteiger partial charge in [0.2, 0.25) is 5.78 Å². The summed E-state index contributed by atoms with van der Waals surface area (Å²) in [7, 11) is 2.15. The smallest absolute Gasteiger partial charge is 0.220 e. The lowest BCUT2D eigenvalue weighted by atomic mass is 10.1. The Kier molecular flexibility index (Phi) is 5.68. The molecule has 0 saturated heterocycles. The zero-order valence-electron chi connectivity index (χ0n) is 24.8. The minimum atomic E-state index is 0.805. The molecule has 0 aliphatic carbocycles. The number of nitrogens with zero attached hydrogens (tertiary/aromatic N) is 6. The van der Waals surface area contributed by atoms with E-state index < -0.39 is 0 Å². The van der Waals surface area contributed by atoms with Crippen LogP contribution in [0.25, 0.3) is 33.5 Å². The number of anilines is 6. The largest absolute Gasteiger partial charge is 0.355 e. The first kappa shape index (κ1) is 25.5. The van der Waals surface area contributed by atoms with Crippen LogP contribution in [0.2, 0.25) is 0 Å². The summed E-state index contributed by atoms with van der Waals surface area (Å²) in [6.45, 7) is 0.805. The molecule has 1 aliphatic rings. The van der Waals surface area contributed by atoms with E-state index in [-0.39, 0.29) is 0 Å². The van der Waals surface area contributed by atoms with E-state index in [1.807, 2.05) is 6.07 Å². The first-order chi connectivity index (χ1) is 22.2. The fourth-order valence-electron chi connectivity index (χ4n) is 6.80. The molecule has 9 rings (SSSR count). The lowest BCUT2D eigenvalue weighted by Gasteiger charge is -2.28. The molecule has 0 saturated carbocycles. The molecule has 0 N–H and O–H groups in total. The van der Waals surface area contributed by atoms with Crippen molar-refractivity contribution in [1.29, 1.82) is 0 Å². The van der Waals surface area contributed by atoms with Gasteiger partial charge in [-0.15, -0.1) is 0 Å². The maximum absolute atomic E-state index is 5.10. The molecule has 0 atom stereocenters. The number of fused-ring (bicyclic) bond motifs is 6. The molecule has 0 spiro atoms. The van der Waals surface area contributed by atoms with Gasteiger partial charge in [0, 0.05) is 29.8 Å². The molecule has 0 unspecified atom stereocenters. The molecule has 0 fully saturated rings. The standard InChI is InChI=1S/C39H30N6/c1-41-27-42(36-22-8-7-21-35(36)41)29-15-11-16-30(25-29)43(28-13-3-2-4-14-28)31-17-12-18-32(26-31)44-37-23-9-10-24-38(37)45-34-20-6-5-19-33(34)40-39(44)45/h2-26H,27H2,1H3. The van der Waals surface area contributed by atoms with E-state index in [1.165, 1.54) is 11.4 Å². The molecule has 0 bridgehead atoms. The van der Waals surface area contributed by atoms with Gasteiger partial charge >= 0.3 is 0 Å². The summed E-state index contributed by atoms with van der Waals surface area (Å²) in [5.41, 5.74) is 12.3. The SMILES string of the molecule is CN1CN(c2cccc(N(c3ccccc3)c3cccc(-n4c5ccccc5n5c6ccccc6nc45)c3)c2)c2ccccc21.